The molecule has 29 heavy (non-hydrogen) atoms. The molecule has 3 rings (SSSR count). The predicted molar refractivity (Wildman–Crippen MR) is 114 cm³/mol. The highest BCUT2D eigenvalue weighted by Crippen LogP contribution is 2.31. The number of nitrogens with one attached hydrogen (secondary N) is 1. The fourth-order valence-corrected chi connectivity index (χ4v) is 4.15. The third kappa shape index (κ3) is 6.06. The van der Waals surface area contributed by atoms with E-state index < -0.39 is 0 Å². The van der Waals surface area contributed by atoms with E-state index in [2.05, 4.69) is 22.0 Å². The molecule has 2 aliphatic heterocycles. The molecule has 0 aliphatic carbocycles. The van der Waals surface area contributed by atoms with Gasteiger partial charge in [0.1, 0.15) is 18.2 Å². The van der Waals surface area contributed by atoms with E-state index in [1.165, 1.54) is 38.1 Å². The van der Waals surface area contributed by atoms with Crippen LogP contribution in [0.15, 0.2) is 29.3 Å². The molecule has 0 bridgehead atoms. The summed E-state index contributed by atoms with van der Waals surface area (Å²) in [5.41, 5.74) is 0.126. The van der Waals surface area contributed by atoms with Crippen molar-refractivity contribution in [1.29, 1.82) is 0 Å². The van der Waals surface area contributed by atoms with Crippen molar-refractivity contribution < 1.29 is 13.9 Å². The molecule has 1 N–H and O–H groups in total. The standard InChI is InChI=1S/C22H35FN4O2/c1-3-24-21(26(2)14-17-29-20-8-6-19(23)7-9-20)25-18-22(10-15-28-16-11-22)27-12-4-5-13-27/h6-9H,3-5,10-18H2,1-2H3,(H,24,25). The van der Waals surface area contributed by atoms with Gasteiger partial charge in [-0.25, -0.2) is 4.39 Å². The van der Waals surface area contributed by atoms with E-state index in [0.29, 0.717) is 18.9 Å². The largest absolute Gasteiger partial charge is 0.492 e. The molecule has 7 heteroatoms. The van der Waals surface area contributed by atoms with Crippen LogP contribution in [0.3, 0.4) is 0 Å². The Morgan fingerprint density at radius 1 is 1.24 bits per heavy atom. The topological polar surface area (TPSA) is 49.3 Å². The van der Waals surface area contributed by atoms with Crippen molar-refractivity contribution in [3.05, 3.63) is 30.1 Å². The van der Waals surface area contributed by atoms with E-state index in [-0.39, 0.29) is 11.4 Å². The zero-order valence-electron chi connectivity index (χ0n) is 17.8. The van der Waals surface area contributed by atoms with Crippen LogP contribution in [-0.4, -0.2) is 80.9 Å². The van der Waals surface area contributed by atoms with E-state index in [4.69, 9.17) is 14.5 Å². The predicted octanol–water partition coefficient (Wildman–Crippen LogP) is 2.75. The van der Waals surface area contributed by atoms with Gasteiger partial charge in [0, 0.05) is 32.3 Å². The maximum Gasteiger partial charge on any atom is 0.193 e. The smallest absolute Gasteiger partial charge is 0.193 e. The number of likely N-dealkylation sites (N-methyl/N-ethyl adjacent to an activating group) is 1. The number of ether oxygens (including phenoxy) is 2. The van der Waals surface area contributed by atoms with E-state index in [1.54, 1.807) is 12.1 Å². The van der Waals surface area contributed by atoms with Crippen LogP contribution < -0.4 is 10.1 Å². The lowest BCUT2D eigenvalue weighted by Crippen LogP contribution is -2.54. The molecule has 0 saturated carbocycles. The highest BCUT2D eigenvalue weighted by atomic mass is 19.1. The maximum atomic E-state index is 13.0. The Hall–Kier alpha value is -1.86. The van der Waals surface area contributed by atoms with Crippen LogP contribution in [0.25, 0.3) is 0 Å². The van der Waals surface area contributed by atoms with Crippen LogP contribution in [0.1, 0.15) is 32.6 Å². The van der Waals surface area contributed by atoms with Crippen molar-refractivity contribution >= 4 is 5.96 Å². The molecule has 0 aromatic heterocycles. The molecule has 162 valence electrons. The first-order chi connectivity index (χ1) is 14.1. The number of benzene rings is 1. The first-order valence-corrected chi connectivity index (χ1v) is 10.8. The summed E-state index contributed by atoms with van der Waals surface area (Å²) in [7, 11) is 2.03. The van der Waals surface area contributed by atoms with E-state index in [9.17, 15) is 4.39 Å². The number of halogens is 1. The Labute approximate surface area is 174 Å². The first kappa shape index (κ1) is 21.8. The number of nitrogens with zero attached hydrogens (tertiary/aromatic N) is 3. The Kier molecular flexibility index (Phi) is 8.12. The number of hydrogen-bond donors (Lipinski definition) is 1. The SMILES string of the molecule is CCNC(=NCC1(N2CCCC2)CCOCC1)N(C)CCOc1ccc(F)cc1. The normalized spacial score (nSPS) is 19.9. The fraction of sp³-hybridized carbons (Fsp3) is 0.682. The van der Waals surface area contributed by atoms with Crippen LogP contribution >= 0.6 is 0 Å². The number of hydrogen-bond acceptors (Lipinski definition) is 4. The second kappa shape index (κ2) is 10.8. The van der Waals surface area contributed by atoms with E-state index >= 15 is 0 Å². The van der Waals surface area contributed by atoms with Gasteiger partial charge in [-0.1, -0.05) is 0 Å². The van der Waals surface area contributed by atoms with Crippen molar-refractivity contribution in [2.45, 2.75) is 38.1 Å². The molecule has 6 nitrogen and oxygen atoms in total. The zero-order chi connectivity index (χ0) is 20.5. The highest BCUT2D eigenvalue weighted by molar-refractivity contribution is 5.79. The first-order valence-electron chi connectivity index (χ1n) is 10.8. The average molecular weight is 407 g/mol. The van der Waals surface area contributed by atoms with Crippen molar-refractivity contribution in [3.8, 4) is 5.75 Å². The van der Waals surface area contributed by atoms with E-state index in [1.807, 2.05) is 7.05 Å². The molecule has 0 amide bonds. The van der Waals surface area contributed by atoms with Crippen LogP contribution in [0.2, 0.25) is 0 Å². The number of rotatable bonds is 8. The summed E-state index contributed by atoms with van der Waals surface area (Å²) in [4.78, 5) is 9.76. The Morgan fingerprint density at radius 2 is 1.93 bits per heavy atom. The summed E-state index contributed by atoms with van der Waals surface area (Å²) in [5, 5.41) is 3.41. The molecule has 1 aromatic rings. The second-order valence-corrected chi connectivity index (χ2v) is 7.92. The van der Waals surface area contributed by atoms with Crippen molar-refractivity contribution in [2.24, 2.45) is 4.99 Å². The summed E-state index contributed by atoms with van der Waals surface area (Å²) < 4.78 is 24.4. The fourth-order valence-electron chi connectivity index (χ4n) is 4.15. The molecule has 0 radical (unpaired) electrons. The third-order valence-corrected chi connectivity index (χ3v) is 5.93. The minimum absolute atomic E-state index is 0.126. The number of likely N-dealkylation sites (tertiary alicyclic amines) is 1. The highest BCUT2D eigenvalue weighted by Gasteiger charge is 2.39. The van der Waals surface area contributed by atoms with Gasteiger partial charge in [-0.3, -0.25) is 9.89 Å². The minimum atomic E-state index is -0.254. The summed E-state index contributed by atoms with van der Waals surface area (Å²) in [6.07, 6.45) is 4.67. The average Bonchev–Trinajstić information content (AvgIpc) is 3.29. The lowest BCUT2D eigenvalue weighted by atomic mass is 9.88. The molecule has 2 saturated heterocycles. The quantitative estimate of drug-likeness (QED) is 0.531. The van der Waals surface area contributed by atoms with Gasteiger partial charge in [0.25, 0.3) is 0 Å². The second-order valence-electron chi connectivity index (χ2n) is 7.92. The van der Waals surface area contributed by atoms with Crippen molar-refractivity contribution in [2.75, 3.05) is 59.6 Å². The molecular weight excluding hydrogens is 371 g/mol. The van der Waals surface area contributed by atoms with Crippen LogP contribution in [0, 0.1) is 5.82 Å². The van der Waals surface area contributed by atoms with Crippen molar-refractivity contribution in [1.82, 2.24) is 15.1 Å². The van der Waals surface area contributed by atoms with Gasteiger partial charge >= 0.3 is 0 Å². The molecule has 2 aliphatic rings. The van der Waals surface area contributed by atoms with Gasteiger partial charge in [-0.15, -0.1) is 0 Å². The van der Waals surface area contributed by atoms with Gasteiger partial charge in [0.2, 0.25) is 0 Å². The molecule has 0 spiro atoms. The maximum absolute atomic E-state index is 13.0. The molecule has 2 heterocycles. The lowest BCUT2D eigenvalue weighted by molar-refractivity contribution is -0.0139. The van der Waals surface area contributed by atoms with Crippen LogP contribution in [0.5, 0.6) is 5.75 Å². The van der Waals surface area contributed by atoms with Gasteiger partial charge in [0.05, 0.1) is 13.1 Å². The minimum Gasteiger partial charge on any atom is -0.492 e. The molecular formula is C22H35FN4O2. The summed E-state index contributed by atoms with van der Waals surface area (Å²) in [6, 6.07) is 6.13. The third-order valence-electron chi connectivity index (χ3n) is 5.93. The van der Waals surface area contributed by atoms with Crippen LogP contribution in [0.4, 0.5) is 4.39 Å². The molecule has 0 unspecified atom stereocenters. The monoisotopic (exact) mass is 406 g/mol. The van der Waals surface area contributed by atoms with Gasteiger partial charge in [-0.05, 0) is 70.0 Å². The number of guanidine groups is 1. The number of aliphatic imine (C=N–C) groups is 1. The van der Waals surface area contributed by atoms with Gasteiger partial charge in [0.15, 0.2) is 5.96 Å². The summed E-state index contributed by atoms with van der Waals surface area (Å²) in [5.74, 6) is 1.33. The zero-order valence-corrected chi connectivity index (χ0v) is 17.8. The van der Waals surface area contributed by atoms with Gasteiger partial charge < -0.3 is 19.7 Å². The molecule has 0 atom stereocenters. The van der Waals surface area contributed by atoms with Crippen molar-refractivity contribution in [3.63, 3.8) is 0 Å². The van der Waals surface area contributed by atoms with E-state index in [0.717, 1.165) is 45.1 Å². The molecule has 1 aromatic carbocycles. The van der Waals surface area contributed by atoms with Gasteiger partial charge in [-0.2, -0.15) is 0 Å². The Balaban J connectivity index is 1.58. The summed E-state index contributed by atoms with van der Waals surface area (Å²) in [6.45, 7) is 8.90. The lowest BCUT2D eigenvalue weighted by Gasteiger charge is -2.43. The Bertz CT molecular complexity index is 641. The Morgan fingerprint density at radius 3 is 2.59 bits per heavy atom. The molecule has 2 fully saturated rings. The summed E-state index contributed by atoms with van der Waals surface area (Å²) >= 11 is 0. The van der Waals surface area contributed by atoms with Crippen LogP contribution in [-0.2, 0) is 4.74 Å².